The van der Waals surface area contributed by atoms with Gasteiger partial charge in [-0.1, -0.05) is 6.07 Å². The van der Waals surface area contributed by atoms with Gasteiger partial charge in [-0.25, -0.2) is 4.68 Å². The van der Waals surface area contributed by atoms with Crippen LogP contribution in [0.25, 0.3) is 0 Å². The van der Waals surface area contributed by atoms with Crippen LogP contribution in [-0.4, -0.2) is 14.7 Å². The molecule has 0 saturated heterocycles. The van der Waals surface area contributed by atoms with Crippen molar-refractivity contribution in [3.05, 3.63) is 44.6 Å². The summed E-state index contributed by atoms with van der Waals surface area (Å²) in [4.78, 5) is 10.8. The lowest BCUT2D eigenvalue weighted by Gasteiger charge is -2.11. The molecule has 0 unspecified atom stereocenters. The van der Waals surface area contributed by atoms with Crippen LogP contribution in [0, 0.1) is 30.9 Å². The van der Waals surface area contributed by atoms with Crippen molar-refractivity contribution in [2.75, 3.05) is 0 Å². The minimum absolute atomic E-state index is 0.0631. The molecule has 0 bridgehead atoms. The van der Waals surface area contributed by atoms with E-state index < -0.39 is 4.92 Å². The lowest BCUT2D eigenvalue weighted by Crippen LogP contribution is -2.01. The molecule has 0 atom stereocenters. The Balaban J connectivity index is 2.57. The largest absolute Gasteiger partial charge is 0.431 e. The number of alkyl halides is 1. The third-order valence-corrected chi connectivity index (χ3v) is 3.48. The molecule has 7 heteroatoms. The number of benzene rings is 1. The Morgan fingerprint density at radius 2 is 2.05 bits per heavy atom. The molecule has 1 heterocycles. The maximum Gasteiger partial charge on any atom is 0.312 e. The molecular formula is C14H16ClN3O3. The van der Waals surface area contributed by atoms with Crippen LogP contribution in [0.5, 0.6) is 11.6 Å². The second kappa shape index (κ2) is 5.73. The number of ether oxygens (including phenoxy) is 1. The van der Waals surface area contributed by atoms with Crippen molar-refractivity contribution in [2.45, 2.75) is 26.7 Å². The summed E-state index contributed by atoms with van der Waals surface area (Å²) in [6.45, 7) is 5.40. The Labute approximate surface area is 127 Å². The van der Waals surface area contributed by atoms with Crippen molar-refractivity contribution in [3.63, 3.8) is 0 Å². The second-order valence-electron chi connectivity index (χ2n) is 4.92. The van der Waals surface area contributed by atoms with E-state index in [4.69, 9.17) is 16.3 Å². The average Bonchev–Trinajstić information content (AvgIpc) is 2.66. The fourth-order valence-electron chi connectivity index (χ4n) is 2.26. The zero-order chi connectivity index (χ0) is 15.7. The Bertz CT molecular complexity index is 710. The van der Waals surface area contributed by atoms with Gasteiger partial charge in [0.25, 0.3) is 0 Å². The molecule has 0 radical (unpaired) electrons. The zero-order valence-electron chi connectivity index (χ0n) is 12.3. The van der Waals surface area contributed by atoms with Gasteiger partial charge in [-0.05, 0) is 31.9 Å². The lowest BCUT2D eigenvalue weighted by atomic mass is 10.1. The fraction of sp³-hybridized carbons (Fsp3) is 0.357. The first kappa shape index (κ1) is 15.3. The molecule has 0 N–H and O–H groups in total. The van der Waals surface area contributed by atoms with Gasteiger partial charge in [0.15, 0.2) is 0 Å². The third-order valence-electron chi connectivity index (χ3n) is 3.22. The number of hydrogen-bond donors (Lipinski definition) is 0. The van der Waals surface area contributed by atoms with Crippen LogP contribution in [0.3, 0.4) is 0 Å². The molecule has 0 aliphatic rings. The van der Waals surface area contributed by atoms with Crippen LogP contribution in [-0.2, 0) is 12.9 Å². The Morgan fingerprint density at radius 3 is 2.62 bits per heavy atom. The normalized spacial score (nSPS) is 10.7. The first-order valence-electron chi connectivity index (χ1n) is 6.37. The number of hydrogen-bond acceptors (Lipinski definition) is 4. The summed E-state index contributed by atoms with van der Waals surface area (Å²) >= 11 is 5.92. The van der Waals surface area contributed by atoms with Gasteiger partial charge in [-0.2, -0.15) is 5.10 Å². The summed E-state index contributed by atoms with van der Waals surface area (Å²) in [6.07, 6.45) is 0. The van der Waals surface area contributed by atoms with Gasteiger partial charge in [-0.15, -0.1) is 11.6 Å². The molecule has 112 valence electrons. The molecule has 6 nitrogen and oxygen atoms in total. The number of halogens is 1. The van der Waals surface area contributed by atoms with Crippen LogP contribution in [0.4, 0.5) is 5.69 Å². The molecule has 1 aromatic heterocycles. The van der Waals surface area contributed by atoms with Crippen molar-refractivity contribution < 1.29 is 9.66 Å². The Morgan fingerprint density at radius 1 is 1.38 bits per heavy atom. The van der Waals surface area contributed by atoms with Crippen LogP contribution in [0.1, 0.15) is 22.4 Å². The van der Waals surface area contributed by atoms with E-state index >= 15 is 0 Å². The highest BCUT2D eigenvalue weighted by atomic mass is 35.5. The molecular weight excluding hydrogens is 294 g/mol. The van der Waals surface area contributed by atoms with Gasteiger partial charge >= 0.3 is 5.69 Å². The van der Waals surface area contributed by atoms with Crippen molar-refractivity contribution >= 4 is 17.3 Å². The van der Waals surface area contributed by atoms with Crippen molar-refractivity contribution in [3.8, 4) is 11.6 Å². The van der Waals surface area contributed by atoms with Crippen LogP contribution >= 0.6 is 11.6 Å². The third kappa shape index (κ3) is 2.85. The SMILES string of the molecule is Cc1cc(C)c(Oc2c(CCl)c(C)nn2C)c([N+](=O)[O-])c1. The first-order chi connectivity index (χ1) is 9.85. The minimum atomic E-state index is -0.446. The molecule has 0 aliphatic carbocycles. The highest BCUT2D eigenvalue weighted by Crippen LogP contribution is 2.37. The number of nitro benzene ring substituents is 1. The molecule has 0 fully saturated rings. The molecule has 0 aliphatic heterocycles. The maximum atomic E-state index is 11.2. The molecule has 21 heavy (non-hydrogen) atoms. The highest BCUT2D eigenvalue weighted by Gasteiger charge is 2.23. The number of aromatic nitrogens is 2. The van der Waals surface area contributed by atoms with E-state index in [1.165, 1.54) is 10.7 Å². The molecule has 0 spiro atoms. The lowest BCUT2D eigenvalue weighted by molar-refractivity contribution is -0.385. The highest BCUT2D eigenvalue weighted by molar-refractivity contribution is 6.17. The van der Waals surface area contributed by atoms with Gasteiger partial charge in [0, 0.05) is 13.1 Å². The summed E-state index contributed by atoms with van der Waals surface area (Å²) in [7, 11) is 1.72. The smallest absolute Gasteiger partial charge is 0.312 e. The maximum absolute atomic E-state index is 11.2. The van der Waals surface area contributed by atoms with Crippen molar-refractivity contribution in [1.82, 2.24) is 9.78 Å². The average molecular weight is 310 g/mol. The molecule has 1 aromatic carbocycles. The van der Waals surface area contributed by atoms with Crippen LogP contribution in [0.2, 0.25) is 0 Å². The Kier molecular flexibility index (Phi) is 4.18. The van der Waals surface area contributed by atoms with Gasteiger partial charge in [-0.3, -0.25) is 10.1 Å². The first-order valence-corrected chi connectivity index (χ1v) is 6.90. The van der Waals surface area contributed by atoms with Gasteiger partial charge in [0.05, 0.1) is 22.1 Å². The molecule has 0 saturated carbocycles. The quantitative estimate of drug-likeness (QED) is 0.489. The topological polar surface area (TPSA) is 70.2 Å². The summed E-state index contributed by atoms with van der Waals surface area (Å²) in [5, 5.41) is 15.5. The van der Waals surface area contributed by atoms with E-state index in [0.717, 1.165) is 16.8 Å². The minimum Gasteiger partial charge on any atom is -0.431 e. The zero-order valence-corrected chi connectivity index (χ0v) is 13.1. The summed E-state index contributed by atoms with van der Waals surface area (Å²) < 4.78 is 7.34. The Hall–Kier alpha value is -2.08. The standard InChI is InChI=1S/C14H16ClN3O3/c1-8-5-9(2)13(12(6-8)18(19)20)21-14-11(7-15)10(3)16-17(14)4/h5-6H,7H2,1-4H3. The van der Waals surface area contributed by atoms with Crippen molar-refractivity contribution in [2.24, 2.45) is 7.05 Å². The van der Waals surface area contributed by atoms with E-state index in [1.807, 2.05) is 19.9 Å². The number of nitro groups is 1. The van der Waals surface area contributed by atoms with E-state index in [9.17, 15) is 10.1 Å². The summed E-state index contributed by atoms with van der Waals surface area (Å²) in [6, 6.07) is 3.33. The second-order valence-corrected chi connectivity index (χ2v) is 5.18. The van der Waals surface area contributed by atoms with Crippen LogP contribution in [0.15, 0.2) is 12.1 Å². The van der Waals surface area contributed by atoms with E-state index in [-0.39, 0.29) is 17.3 Å². The van der Waals surface area contributed by atoms with Crippen LogP contribution < -0.4 is 4.74 Å². The fourth-order valence-corrected chi connectivity index (χ4v) is 2.57. The number of rotatable bonds is 4. The molecule has 2 aromatic rings. The predicted molar refractivity (Wildman–Crippen MR) is 80.1 cm³/mol. The molecule has 2 rings (SSSR count). The van der Waals surface area contributed by atoms with Crippen molar-refractivity contribution in [1.29, 1.82) is 0 Å². The molecule has 0 amide bonds. The summed E-state index contributed by atoms with van der Waals surface area (Å²) in [5.41, 5.74) is 2.92. The monoisotopic (exact) mass is 309 g/mol. The number of nitrogens with zero attached hydrogens (tertiary/aromatic N) is 3. The van der Waals surface area contributed by atoms with Gasteiger partial charge in [0.2, 0.25) is 11.6 Å². The predicted octanol–water partition coefficient (Wildman–Crippen LogP) is 3.78. The van der Waals surface area contributed by atoms with E-state index in [1.54, 1.807) is 14.0 Å². The number of aryl methyl sites for hydroxylation is 4. The van der Waals surface area contributed by atoms with Gasteiger partial charge < -0.3 is 4.74 Å². The summed E-state index contributed by atoms with van der Waals surface area (Å²) in [5.74, 6) is 0.880. The van der Waals surface area contributed by atoms with E-state index in [0.29, 0.717) is 11.4 Å². The van der Waals surface area contributed by atoms with Gasteiger partial charge in [0.1, 0.15) is 0 Å². The van der Waals surface area contributed by atoms with E-state index in [2.05, 4.69) is 5.10 Å².